The van der Waals surface area contributed by atoms with Crippen LogP contribution in [0.1, 0.15) is 64.5 Å². The second-order valence-electron chi connectivity index (χ2n) is 9.91. The summed E-state index contributed by atoms with van der Waals surface area (Å²) in [4.78, 5) is 29.5. The molecule has 9 nitrogen and oxygen atoms in total. The zero-order valence-corrected chi connectivity index (χ0v) is 23.7. The van der Waals surface area contributed by atoms with Crippen LogP contribution in [0.2, 0.25) is 0 Å². The summed E-state index contributed by atoms with van der Waals surface area (Å²) in [7, 11) is 0. The Labute approximate surface area is 228 Å². The summed E-state index contributed by atoms with van der Waals surface area (Å²) in [5.74, 6) is 0.517. The van der Waals surface area contributed by atoms with Crippen molar-refractivity contribution in [2.24, 2.45) is 0 Å². The maximum Gasteiger partial charge on any atom is 0.248 e. The summed E-state index contributed by atoms with van der Waals surface area (Å²) < 4.78 is 18.2. The lowest BCUT2D eigenvalue weighted by Gasteiger charge is -2.34. The van der Waals surface area contributed by atoms with E-state index in [4.69, 9.17) is 19.3 Å². The average Bonchev–Trinajstić information content (AvgIpc) is 2.92. The summed E-state index contributed by atoms with van der Waals surface area (Å²) in [5.41, 5.74) is 1.95. The van der Waals surface area contributed by atoms with Gasteiger partial charge in [0, 0.05) is 44.6 Å². The molecular weight excluding hydrogens is 488 g/mol. The molecule has 216 valence electrons. The molecule has 0 spiro atoms. The molecule has 0 aromatic heterocycles. The molecule has 1 aliphatic rings. The molecule has 38 heavy (non-hydrogen) atoms. The van der Waals surface area contributed by atoms with Crippen molar-refractivity contribution < 1.29 is 34.0 Å². The van der Waals surface area contributed by atoms with Gasteiger partial charge in [0.15, 0.2) is 0 Å². The Morgan fingerprint density at radius 1 is 0.868 bits per heavy atom. The van der Waals surface area contributed by atoms with E-state index in [1.54, 1.807) is 0 Å². The standard InChI is InChI=1S/C29H48N2O7/c1-5-12-30(13-6-2)28(34)20-37-26-16-22-10-9-11-25(36-19-23(33)18-32)24(22)17-27(26)38-21-29(35)31(14-7-3)15-8-4/h9-11,23,26-27,32-33H,5-8,12-21H2,1-4H3. The number of aliphatic hydroxyl groups excluding tert-OH is 2. The number of carbonyl (C=O) groups excluding carboxylic acids is 2. The molecule has 0 heterocycles. The third kappa shape index (κ3) is 9.84. The zero-order chi connectivity index (χ0) is 27.9. The van der Waals surface area contributed by atoms with Crippen LogP contribution in [-0.4, -0.2) is 103 Å². The predicted octanol–water partition coefficient (Wildman–Crippen LogP) is 2.58. The monoisotopic (exact) mass is 536 g/mol. The Morgan fingerprint density at radius 3 is 1.84 bits per heavy atom. The Hall–Kier alpha value is -2.20. The molecule has 0 saturated heterocycles. The van der Waals surface area contributed by atoms with Crippen molar-refractivity contribution in [2.45, 2.75) is 84.5 Å². The summed E-state index contributed by atoms with van der Waals surface area (Å²) in [6, 6.07) is 5.70. The summed E-state index contributed by atoms with van der Waals surface area (Å²) >= 11 is 0. The van der Waals surface area contributed by atoms with Crippen molar-refractivity contribution in [2.75, 3.05) is 52.6 Å². The number of aliphatic hydroxyl groups is 2. The average molecular weight is 537 g/mol. The smallest absolute Gasteiger partial charge is 0.248 e. The van der Waals surface area contributed by atoms with Crippen LogP contribution in [0.4, 0.5) is 0 Å². The molecule has 2 amide bonds. The second-order valence-corrected chi connectivity index (χ2v) is 9.91. The van der Waals surface area contributed by atoms with Gasteiger partial charge in [0.2, 0.25) is 11.8 Å². The number of carbonyl (C=O) groups is 2. The Balaban J connectivity index is 2.19. The van der Waals surface area contributed by atoms with E-state index in [0.717, 1.165) is 36.8 Å². The predicted molar refractivity (Wildman–Crippen MR) is 146 cm³/mol. The van der Waals surface area contributed by atoms with Crippen molar-refractivity contribution in [3.8, 4) is 5.75 Å². The molecular formula is C29H48N2O7. The Morgan fingerprint density at radius 2 is 1.37 bits per heavy atom. The molecule has 0 fully saturated rings. The number of benzene rings is 1. The van der Waals surface area contributed by atoms with Crippen LogP contribution in [0, 0.1) is 0 Å². The van der Waals surface area contributed by atoms with Crippen molar-refractivity contribution in [3.63, 3.8) is 0 Å². The number of hydrogen-bond donors (Lipinski definition) is 2. The van der Waals surface area contributed by atoms with Gasteiger partial charge < -0.3 is 34.2 Å². The number of nitrogens with zero attached hydrogens (tertiary/aromatic N) is 2. The fraction of sp³-hybridized carbons (Fsp3) is 0.724. The van der Waals surface area contributed by atoms with Gasteiger partial charge in [-0.15, -0.1) is 0 Å². The van der Waals surface area contributed by atoms with Gasteiger partial charge in [-0.3, -0.25) is 9.59 Å². The SMILES string of the molecule is CCCN(CCC)C(=O)COC1Cc2cccc(OCC(O)CO)c2CC1OCC(=O)N(CCC)CCC. The van der Waals surface area contributed by atoms with Crippen molar-refractivity contribution in [1.82, 2.24) is 9.80 Å². The van der Waals surface area contributed by atoms with E-state index in [0.29, 0.717) is 44.8 Å². The van der Waals surface area contributed by atoms with Gasteiger partial charge in [0.25, 0.3) is 0 Å². The van der Waals surface area contributed by atoms with Gasteiger partial charge in [0.1, 0.15) is 31.7 Å². The molecule has 0 saturated carbocycles. The highest BCUT2D eigenvalue weighted by Gasteiger charge is 2.33. The number of amides is 2. The topological polar surface area (TPSA) is 109 Å². The highest BCUT2D eigenvalue weighted by atomic mass is 16.5. The highest BCUT2D eigenvalue weighted by Crippen LogP contribution is 2.32. The second kappa shape index (κ2) is 17.4. The summed E-state index contributed by atoms with van der Waals surface area (Å²) in [6.07, 6.45) is 2.67. The highest BCUT2D eigenvalue weighted by molar-refractivity contribution is 5.78. The van der Waals surface area contributed by atoms with Crippen molar-refractivity contribution in [3.05, 3.63) is 29.3 Å². The van der Waals surface area contributed by atoms with Crippen LogP contribution < -0.4 is 4.74 Å². The molecule has 0 bridgehead atoms. The molecule has 1 aromatic carbocycles. The molecule has 2 N–H and O–H groups in total. The van der Waals surface area contributed by atoms with Crippen LogP contribution in [-0.2, 0) is 31.9 Å². The van der Waals surface area contributed by atoms with Crippen LogP contribution in [0.15, 0.2) is 18.2 Å². The quantitative estimate of drug-likeness (QED) is 0.297. The largest absolute Gasteiger partial charge is 0.491 e. The lowest BCUT2D eigenvalue weighted by molar-refractivity contribution is -0.149. The molecule has 3 unspecified atom stereocenters. The van der Waals surface area contributed by atoms with E-state index >= 15 is 0 Å². The summed E-state index contributed by atoms with van der Waals surface area (Å²) in [5, 5.41) is 18.9. The van der Waals surface area contributed by atoms with Gasteiger partial charge in [-0.1, -0.05) is 39.8 Å². The van der Waals surface area contributed by atoms with Crippen LogP contribution >= 0.6 is 0 Å². The minimum Gasteiger partial charge on any atom is -0.491 e. The lowest BCUT2D eigenvalue weighted by Crippen LogP contribution is -2.44. The van der Waals surface area contributed by atoms with E-state index < -0.39 is 18.3 Å². The molecule has 1 aromatic rings. The molecule has 3 atom stereocenters. The number of rotatable bonds is 18. The molecule has 2 rings (SSSR count). The number of ether oxygens (including phenoxy) is 3. The molecule has 0 radical (unpaired) electrons. The molecule has 9 heteroatoms. The first-order valence-electron chi connectivity index (χ1n) is 14.2. The fourth-order valence-electron chi connectivity index (χ4n) is 4.76. The maximum atomic E-state index is 12.9. The molecule has 0 aliphatic heterocycles. The van der Waals surface area contributed by atoms with Gasteiger partial charge in [-0.05, 0) is 37.3 Å². The third-order valence-electron chi connectivity index (χ3n) is 6.63. The van der Waals surface area contributed by atoms with E-state index in [-0.39, 0.29) is 38.2 Å². The zero-order valence-electron chi connectivity index (χ0n) is 23.7. The first kappa shape index (κ1) is 32.0. The van der Waals surface area contributed by atoms with Gasteiger partial charge in [0.05, 0.1) is 18.8 Å². The van der Waals surface area contributed by atoms with Gasteiger partial charge >= 0.3 is 0 Å². The van der Waals surface area contributed by atoms with Crippen LogP contribution in [0.3, 0.4) is 0 Å². The summed E-state index contributed by atoms with van der Waals surface area (Å²) in [6.45, 7) is 10.5. The van der Waals surface area contributed by atoms with E-state index in [1.165, 1.54) is 0 Å². The van der Waals surface area contributed by atoms with Crippen molar-refractivity contribution in [1.29, 1.82) is 0 Å². The maximum absolute atomic E-state index is 12.9. The first-order valence-corrected chi connectivity index (χ1v) is 14.2. The van der Waals surface area contributed by atoms with E-state index in [9.17, 15) is 14.7 Å². The van der Waals surface area contributed by atoms with Crippen LogP contribution in [0.5, 0.6) is 5.75 Å². The lowest BCUT2D eigenvalue weighted by atomic mass is 9.87. The van der Waals surface area contributed by atoms with E-state index in [1.807, 2.05) is 41.8 Å². The Kier molecular flexibility index (Phi) is 14.7. The van der Waals surface area contributed by atoms with Crippen LogP contribution in [0.25, 0.3) is 0 Å². The number of hydrogen-bond acceptors (Lipinski definition) is 7. The van der Waals surface area contributed by atoms with Crippen molar-refractivity contribution >= 4 is 11.8 Å². The third-order valence-corrected chi connectivity index (χ3v) is 6.63. The normalized spacial score (nSPS) is 17.5. The van der Waals surface area contributed by atoms with Gasteiger partial charge in [-0.2, -0.15) is 0 Å². The molecule has 1 aliphatic carbocycles. The minimum absolute atomic E-state index is 0.0287. The minimum atomic E-state index is -0.974. The fourth-order valence-corrected chi connectivity index (χ4v) is 4.76. The Bertz CT molecular complexity index is 838. The van der Waals surface area contributed by atoms with E-state index in [2.05, 4.69) is 13.8 Å². The first-order chi connectivity index (χ1) is 18.4. The van der Waals surface area contributed by atoms with Gasteiger partial charge in [-0.25, -0.2) is 0 Å². The number of fused-ring (bicyclic) bond motifs is 1.